The lowest BCUT2D eigenvalue weighted by molar-refractivity contribution is -0.0885. The number of carbonyl (C=O) groups excluding carboxylic acids is 1. The van der Waals surface area contributed by atoms with Crippen LogP contribution < -0.4 is 0 Å². The summed E-state index contributed by atoms with van der Waals surface area (Å²) < 4.78 is 61.0. The van der Waals surface area contributed by atoms with Crippen molar-refractivity contribution in [1.29, 1.82) is 0 Å². The predicted molar refractivity (Wildman–Crippen MR) is 41.8 cm³/mol. The van der Waals surface area contributed by atoms with Crippen LogP contribution in [-0.4, -0.2) is 12.0 Å². The summed E-state index contributed by atoms with van der Waals surface area (Å²) in [6.07, 6.45) is -5.17. The molecule has 0 unspecified atom stereocenters. The van der Waals surface area contributed by atoms with Crippen molar-refractivity contribution in [2.45, 2.75) is 6.18 Å². The number of hydrogen-bond donors (Lipinski definition) is 0. The molecule has 1 nitrogen and oxygen atoms in total. The summed E-state index contributed by atoms with van der Waals surface area (Å²) in [5.74, 6) is -5.15. The third-order valence-corrected chi connectivity index (χ3v) is 1.86. The fourth-order valence-electron chi connectivity index (χ4n) is 0.850. The Morgan fingerprint density at radius 1 is 1.13 bits per heavy atom. The van der Waals surface area contributed by atoms with Crippen molar-refractivity contribution in [2.24, 2.45) is 0 Å². The maximum absolute atomic E-state index is 12.7. The number of ketones is 1. The molecular weight excluding hydrogens is 243 g/mol. The molecule has 0 heterocycles. The minimum atomic E-state index is -5.17. The first kappa shape index (κ1) is 11.9. The van der Waals surface area contributed by atoms with E-state index in [1.165, 1.54) is 0 Å². The van der Waals surface area contributed by atoms with Crippen LogP contribution in [0.5, 0.6) is 0 Å². The van der Waals surface area contributed by atoms with Crippen LogP contribution in [0.25, 0.3) is 0 Å². The zero-order valence-corrected chi connectivity index (χ0v) is 7.59. The molecule has 0 N–H and O–H groups in total. The van der Waals surface area contributed by atoms with Gasteiger partial charge in [-0.25, -0.2) is 8.78 Å². The van der Waals surface area contributed by atoms with Gasteiger partial charge in [0.15, 0.2) is 0 Å². The van der Waals surface area contributed by atoms with E-state index in [9.17, 15) is 26.7 Å². The molecule has 0 amide bonds. The fraction of sp³-hybridized carbons (Fsp3) is 0.125. The lowest BCUT2D eigenvalue weighted by atomic mass is 10.1. The quantitative estimate of drug-likeness (QED) is 0.421. The fourth-order valence-corrected chi connectivity index (χ4v) is 0.959. The molecule has 1 rings (SSSR count). The van der Waals surface area contributed by atoms with Crippen molar-refractivity contribution < 1.29 is 26.7 Å². The Balaban J connectivity index is 3.24. The number of rotatable bonds is 1. The SMILES string of the molecule is O=C(c1cc(F)c(Cl)c(F)c1)C(F)(F)F. The monoisotopic (exact) mass is 244 g/mol. The molecule has 0 fully saturated rings. The molecule has 1 aromatic rings. The highest BCUT2D eigenvalue weighted by molar-refractivity contribution is 6.31. The van der Waals surface area contributed by atoms with Crippen molar-refractivity contribution in [1.82, 2.24) is 0 Å². The summed E-state index contributed by atoms with van der Waals surface area (Å²) >= 11 is 5.03. The van der Waals surface area contributed by atoms with Gasteiger partial charge in [-0.2, -0.15) is 13.2 Å². The highest BCUT2D eigenvalue weighted by Crippen LogP contribution is 2.26. The van der Waals surface area contributed by atoms with Gasteiger partial charge >= 0.3 is 6.18 Å². The van der Waals surface area contributed by atoms with Crippen LogP contribution in [0.4, 0.5) is 22.0 Å². The number of benzene rings is 1. The lowest BCUT2D eigenvalue weighted by Crippen LogP contribution is -2.23. The summed E-state index contributed by atoms with van der Waals surface area (Å²) in [5, 5.41) is -0.950. The Bertz CT molecular complexity index is 389. The summed E-state index contributed by atoms with van der Waals surface area (Å²) in [4.78, 5) is 10.6. The van der Waals surface area contributed by atoms with E-state index in [0.29, 0.717) is 0 Å². The number of carbonyl (C=O) groups is 1. The maximum atomic E-state index is 12.7. The zero-order valence-electron chi connectivity index (χ0n) is 6.83. The summed E-state index contributed by atoms with van der Waals surface area (Å²) in [6, 6.07) is 0.475. The van der Waals surface area contributed by atoms with Gasteiger partial charge in [-0.3, -0.25) is 4.79 Å². The Morgan fingerprint density at radius 2 is 1.53 bits per heavy atom. The predicted octanol–water partition coefficient (Wildman–Crippen LogP) is 3.36. The van der Waals surface area contributed by atoms with Crippen molar-refractivity contribution in [3.05, 3.63) is 34.4 Å². The van der Waals surface area contributed by atoms with Crippen molar-refractivity contribution in [3.63, 3.8) is 0 Å². The smallest absolute Gasteiger partial charge is 0.284 e. The van der Waals surface area contributed by atoms with Gasteiger partial charge in [-0.05, 0) is 12.1 Å². The minimum absolute atomic E-state index is 0.237. The van der Waals surface area contributed by atoms with E-state index in [2.05, 4.69) is 0 Å². The standard InChI is InChI=1S/C8H2ClF5O/c9-6-4(10)1-3(2-5(6)11)7(15)8(12,13)14/h1-2H. The first-order valence-electron chi connectivity index (χ1n) is 3.49. The Morgan fingerprint density at radius 3 is 1.87 bits per heavy atom. The third-order valence-electron chi connectivity index (χ3n) is 1.50. The van der Waals surface area contributed by atoms with Crippen LogP contribution in [-0.2, 0) is 0 Å². The maximum Gasteiger partial charge on any atom is 0.454 e. The molecule has 0 aliphatic rings. The molecule has 7 heteroatoms. The average molecular weight is 245 g/mol. The van der Waals surface area contributed by atoms with Gasteiger partial charge in [0, 0.05) is 5.56 Å². The van der Waals surface area contributed by atoms with Gasteiger partial charge in [0.05, 0.1) is 0 Å². The van der Waals surface area contributed by atoms with E-state index in [1.807, 2.05) is 0 Å². The van der Waals surface area contributed by atoms with E-state index in [1.54, 1.807) is 0 Å². The summed E-state index contributed by atoms with van der Waals surface area (Å²) in [6.45, 7) is 0. The highest BCUT2D eigenvalue weighted by atomic mass is 35.5. The molecule has 1 aromatic carbocycles. The van der Waals surface area contributed by atoms with E-state index >= 15 is 0 Å². The van der Waals surface area contributed by atoms with Gasteiger partial charge in [-0.15, -0.1) is 0 Å². The molecule has 0 aliphatic heterocycles. The van der Waals surface area contributed by atoms with Gasteiger partial charge in [-0.1, -0.05) is 11.6 Å². The van der Waals surface area contributed by atoms with Crippen LogP contribution in [0, 0.1) is 11.6 Å². The van der Waals surface area contributed by atoms with Crippen LogP contribution in [0.3, 0.4) is 0 Å². The molecule has 0 spiro atoms. The first-order chi connectivity index (χ1) is 6.73. The Hall–Kier alpha value is -1.17. The summed E-state index contributed by atoms with van der Waals surface area (Å²) in [7, 11) is 0. The van der Waals surface area contributed by atoms with Crippen molar-refractivity contribution >= 4 is 17.4 Å². The molecule has 82 valence electrons. The molecule has 0 saturated carbocycles. The largest absolute Gasteiger partial charge is 0.454 e. The molecule has 0 aliphatic carbocycles. The van der Waals surface area contributed by atoms with Crippen LogP contribution in [0.1, 0.15) is 10.4 Å². The second-order valence-corrected chi connectivity index (χ2v) is 2.96. The van der Waals surface area contributed by atoms with E-state index in [-0.39, 0.29) is 12.1 Å². The second-order valence-electron chi connectivity index (χ2n) is 2.58. The second kappa shape index (κ2) is 3.77. The molecular formula is C8H2ClF5O. The van der Waals surface area contributed by atoms with Gasteiger partial charge in [0.25, 0.3) is 5.78 Å². The lowest BCUT2D eigenvalue weighted by Gasteiger charge is -2.06. The van der Waals surface area contributed by atoms with Crippen molar-refractivity contribution in [3.8, 4) is 0 Å². The zero-order chi connectivity index (χ0) is 11.8. The first-order valence-corrected chi connectivity index (χ1v) is 3.87. The molecule has 0 radical (unpaired) electrons. The normalized spacial score (nSPS) is 11.6. The van der Waals surface area contributed by atoms with Crippen LogP contribution in [0.2, 0.25) is 5.02 Å². The van der Waals surface area contributed by atoms with Gasteiger partial charge in [0.1, 0.15) is 16.7 Å². The van der Waals surface area contributed by atoms with E-state index < -0.39 is 34.2 Å². The van der Waals surface area contributed by atoms with Crippen LogP contribution in [0.15, 0.2) is 12.1 Å². The van der Waals surface area contributed by atoms with Crippen molar-refractivity contribution in [2.75, 3.05) is 0 Å². The topological polar surface area (TPSA) is 17.1 Å². The molecule has 0 aromatic heterocycles. The number of Topliss-reactive ketones (excluding diaryl/α,β-unsaturated/α-hetero) is 1. The minimum Gasteiger partial charge on any atom is -0.284 e. The number of hydrogen-bond acceptors (Lipinski definition) is 1. The summed E-state index contributed by atoms with van der Waals surface area (Å²) in [5.41, 5.74) is -1.12. The molecule has 0 bridgehead atoms. The third kappa shape index (κ3) is 2.44. The van der Waals surface area contributed by atoms with E-state index in [4.69, 9.17) is 11.6 Å². The van der Waals surface area contributed by atoms with E-state index in [0.717, 1.165) is 0 Å². The number of halogens is 6. The van der Waals surface area contributed by atoms with Gasteiger partial charge < -0.3 is 0 Å². The number of alkyl halides is 3. The Kier molecular flexibility index (Phi) is 2.99. The van der Waals surface area contributed by atoms with Crippen LogP contribution >= 0.6 is 11.6 Å². The molecule has 15 heavy (non-hydrogen) atoms. The molecule has 0 atom stereocenters. The Labute approximate surface area is 85.5 Å². The highest BCUT2D eigenvalue weighted by Gasteiger charge is 2.39. The van der Waals surface area contributed by atoms with Gasteiger partial charge in [0.2, 0.25) is 0 Å². The molecule has 0 saturated heterocycles. The average Bonchev–Trinajstić information content (AvgIpc) is 2.10.